The van der Waals surface area contributed by atoms with Gasteiger partial charge in [0.25, 0.3) is 0 Å². The topological polar surface area (TPSA) is 58.4 Å². The summed E-state index contributed by atoms with van der Waals surface area (Å²) >= 11 is 9.71. The molecule has 1 aliphatic heterocycles. The van der Waals surface area contributed by atoms with Crippen LogP contribution in [-0.4, -0.2) is 41.7 Å². The zero-order valence-corrected chi connectivity index (χ0v) is 19.2. The van der Waals surface area contributed by atoms with Crippen molar-refractivity contribution in [3.63, 3.8) is 0 Å². The zero-order valence-electron chi connectivity index (χ0n) is 16.9. The van der Waals surface area contributed by atoms with Gasteiger partial charge in [-0.1, -0.05) is 23.7 Å². The van der Waals surface area contributed by atoms with Gasteiger partial charge in [-0.25, -0.2) is 9.67 Å². The molecule has 1 saturated heterocycles. The van der Waals surface area contributed by atoms with Crippen molar-refractivity contribution >= 4 is 27.5 Å². The predicted molar refractivity (Wildman–Crippen MR) is 120 cm³/mol. The molecule has 8 heteroatoms. The van der Waals surface area contributed by atoms with Crippen LogP contribution in [0.5, 0.6) is 11.5 Å². The summed E-state index contributed by atoms with van der Waals surface area (Å²) in [4.78, 5) is 4.86. The van der Waals surface area contributed by atoms with Gasteiger partial charge in [-0.05, 0) is 59.5 Å². The summed E-state index contributed by atoms with van der Waals surface area (Å²) in [6.45, 7) is 1.40. The Morgan fingerprint density at radius 1 is 1.17 bits per heavy atom. The quantitative estimate of drug-likeness (QED) is 0.447. The minimum Gasteiger partial charge on any atom is -0.496 e. The summed E-state index contributed by atoms with van der Waals surface area (Å²) in [6.07, 6.45) is 3.37. The second-order valence-corrected chi connectivity index (χ2v) is 8.42. The van der Waals surface area contributed by atoms with Gasteiger partial charge in [-0.3, -0.25) is 0 Å². The minimum atomic E-state index is 0.106. The first kappa shape index (κ1) is 21.2. The van der Waals surface area contributed by atoms with Gasteiger partial charge >= 0.3 is 0 Å². The van der Waals surface area contributed by atoms with Gasteiger partial charge in [0.05, 0.1) is 36.9 Å². The molecule has 2 aromatic carbocycles. The molecule has 158 valence electrons. The zero-order chi connectivity index (χ0) is 21.1. The molecule has 0 aliphatic carbocycles. The maximum absolute atomic E-state index is 6.19. The first-order valence-electron chi connectivity index (χ1n) is 9.83. The predicted octanol–water partition coefficient (Wildman–Crippen LogP) is 5.61. The second kappa shape index (κ2) is 9.37. The highest BCUT2D eigenvalue weighted by Gasteiger charge is 2.23. The third-order valence-corrected chi connectivity index (χ3v) is 5.97. The molecule has 1 unspecified atom stereocenters. The van der Waals surface area contributed by atoms with E-state index in [4.69, 9.17) is 35.9 Å². The third kappa shape index (κ3) is 4.48. The number of aromatic nitrogens is 3. The molecular weight excluding hydrogens is 470 g/mol. The van der Waals surface area contributed by atoms with E-state index in [0.717, 1.165) is 41.5 Å². The van der Waals surface area contributed by atoms with Crippen molar-refractivity contribution in [2.24, 2.45) is 0 Å². The molecule has 1 aromatic heterocycles. The molecule has 0 spiro atoms. The van der Waals surface area contributed by atoms with Gasteiger partial charge in [-0.15, -0.1) is 0 Å². The fourth-order valence-corrected chi connectivity index (χ4v) is 4.27. The number of ether oxygens (including phenoxy) is 3. The van der Waals surface area contributed by atoms with Crippen LogP contribution >= 0.6 is 27.5 Å². The summed E-state index contributed by atoms with van der Waals surface area (Å²) in [6, 6.07) is 11.3. The standard InChI is InChI=1S/C22H23BrClN3O3/c1-28-19-12-18(23)20(29-2)11-17(19)22-25-21(14-6-5-7-15(24)10-14)26-27(22)13-16-8-3-4-9-30-16/h5-7,10-12,16H,3-4,8-9,13H2,1-2H3. The van der Waals surface area contributed by atoms with Gasteiger partial charge in [-0.2, -0.15) is 5.10 Å². The molecule has 4 rings (SSSR count). The number of rotatable bonds is 6. The Bertz CT molecular complexity index is 1030. The molecule has 0 saturated carbocycles. The number of methoxy groups -OCH3 is 2. The van der Waals surface area contributed by atoms with Crippen molar-refractivity contribution in [2.75, 3.05) is 20.8 Å². The van der Waals surface area contributed by atoms with Crippen LogP contribution < -0.4 is 9.47 Å². The average molecular weight is 493 g/mol. The number of benzene rings is 2. The Hall–Kier alpha value is -2.09. The Morgan fingerprint density at radius 3 is 2.70 bits per heavy atom. The van der Waals surface area contributed by atoms with E-state index in [1.54, 1.807) is 14.2 Å². The van der Waals surface area contributed by atoms with E-state index in [0.29, 0.717) is 34.7 Å². The van der Waals surface area contributed by atoms with Crippen LogP contribution in [0.15, 0.2) is 40.9 Å². The molecule has 0 N–H and O–H groups in total. The molecule has 1 aliphatic rings. The molecule has 0 radical (unpaired) electrons. The highest BCUT2D eigenvalue weighted by atomic mass is 79.9. The largest absolute Gasteiger partial charge is 0.496 e. The van der Waals surface area contributed by atoms with Crippen molar-refractivity contribution in [3.8, 4) is 34.3 Å². The fourth-order valence-electron chi connectivity index (χ4n) is 3.60. The molecule has 0 bridgehead atoms. The lowest BCUT2D eigenvalue weighted by molar-refractivity contribution is 0.00427. The second-order valence-electron chi connectivity index (χ2n) is 7.13. The SMILES string of the molecule is COc1cc(-c2nc(-c3cccc(Cl)c3)nn2CC2CCCCO2)c(OC)cc1Br. The smallest absolute Gasteiger partial charge is 0.181 e. The minimum absolute atomic E-state index is 0.106. The Morgan fingerprint density at radius 2 is 2.00 bits per heavy atom. The average Bonchev–Trinajstić information content (AvgIpc) is 3.17. The fraction of sp³-hybridized carbons (Fsp3) is 0.364. The van der Waals surface area contributed by atoms with Crippen LogP contribution in [0.25, 0.3) is 22.8 Å². The third-order valence-electron chi connectivity index (χ3n) is 5.12. The molecule has 30 heavy (non-hydrogen) atoms. The summed E-state index contributed by atoms with van der Waals surface area (Å²) in [7, 11) is 3.27. The first-order valence-corrected chi connectivity index (χ1v) is 11.0. The van der Waals surface area contributed by atoms with Crippen molar-refractivity contribution < 1.29 is 14.2 Å². The monoisotopic (exact) mass is 491 g/mol. The van der Waals surface area contributed by atoms with E-state index in [9.17, 15) is 0 Å². The number of nitrogens with zero attached hydrogens (tertiary/aromatic N) is 3. The Kier molecular flexibility index (Phi) is 6.61. The maximum atomic E-state index is 6.19. The molecular formula is C22H23BrClN3O3. The van der Waals surface area contributed by atoms with E-state index in [1.165, 1.54) is 0 Å². The van der Waals surface area contributed by atoms with Gasteiger partial charge < -0.3 is 14.2 Å². The maximum Gasteiger partial charge on any atom is 0.181 e. The summed E-state index contributed by atoms with van der Waals surface area (Å²) < 4.78 is 19.8. The van der Waals surface area contributed by atoms with Crippen LogP contribution in [0.3, 0.4) is 0 Å². The highest BCUT2D eigenvalue weighted by molar-refractivity contribution is 9.10. The Balaban J connectivity index is 1.82. The van der Waals surface area contributed by atoms with Crippen molar-refractivity contribution in [1.29, 1.82) is 0 Å². The van der Waals surface area contributed by atoms with Crippen molar-refractivity contribution in [2.45, 2.75) is 31.9 Å². The normalized spacial score (nSPS) is 16.5. The lowest BCUT2D eigenvalue weighted by Gasteiger charge is -2.23. The molecule has 1 atom stereocenters. The first-order chi connectivity index (χ1) is 14.6. The number of hydrogen-bond donors (Lipinski definition) is 0. The highest BCUT2D eigenvalue weighted by Crippen LogP contribution is 2.39. The van der Waals surface area contributed by atoms with E-state index < -0.39 is 0 Å². The van der Waals surface area contributed by atoms with Gasteiger partial charge in [0.2, 0.25) is 0 Å². The van der Waals surface area contributed by atoms with E-state index >= 15 is 0 Å². The van der Waals surface area contributed by atoms with E-state index in [-0.39, 0.29) is 6.10 Å². The molecule has 2 heterocycles. The number of halogens is 2. The van der Waals surface area contributed by atoms with Crippen LogP contribution in [-0.2, 0) is 11.3 Å². The summed E-state index contributed by atoms with van der Waals surface area (Å²) in [5.41, 5.74) is 1.66. The van der Waals surface area contributed by atoms with Crippen LogP contribution in [0.4, 0.5) is 0 Å². The molecule has 3 aromatic rings. The molecule has 1 fully saturated rings. The van der Waals surface area contributed by atoms with Crippen LogP contribution in [0, 0.1) is 0 Å². The summed E-state index contributed by atoms with van der Waals surface area (Å²) in [5.74, 6) is 2.67. The van der Waals surface area contributed by atoms with E-state index in [2.05, 4.69) is 15.9 Å². The van der Waals surface area contributed by atoms with Crippen molar-refractivity contribution in [1.82, 2.24) is 14.8 Å². The van der Waals surface area contributed by atoms with E-state index in [1.807, 2.05) is 41.1 Å². The van der Waals surface area contributed by atoms with Crippen molar-refractivity contribution in [3.05, 3.63) is 45.9 Å². The Labute approximate surface area is 189 Å². The summed E-state index contributed by atoms with van der Waals surface area (Å²) in [5, 5.41) is 5.45. The van der Waals surface area contributed by atoms with Gasteiger partial charge in [0, 0.05) is 17.2 Å². The van der Waals surface area contributed by atoms with Gasteiger partial charge in [0.15, 0.2) is 11.6 Å². The number of hydrogen-bond acceptors (Lipinski definition) is 5. The van der Waals surface area contributed by atoms with Crippen LogP contribution in [0.1, 0.15) is 19.3 Å². The van der Waals surface area contributed by atoms with Gasteiger partial charge in [0.1, 0.15) is 11.5 Å². The lowest BCUT2D eigenvalue weighted by atomic mass is 10.1. The lowest BCUT2D eigenvalue weighted by Crippen LogP contribution is -2.25. The molecule has 6 nitrogen and oxygen atoms in total. The molecule has 0 amide bonds. The van der Waals surface area contributed by atoms with Crippen LogP contribution in [0.2, 0.25) is 5.02 Å².